The molecule has 1 aromatic heterocycles. The van der Waals surface area contributed by atoms with Crippen LogP contribution >= 0.6 is 0 Å². The van der Waals surface area contributed by atoms with E-state index in [1.165, 1.54) is 6.07 Å². The van der Waals surface area contributed by atoms with Crippen molar-refractivity contribution in [3.63, 3.8) is 0 Å². The van der Waals surface area contributed by atoms with Crippen molar-refractivity contribution in [1.82, 2.24) is 14.9 Å². The molecule has 28 heavy (non-hydrogen) atoms. The van der Waals surface area contributed by atoms with Gasteiger partial charge in [0.1, 0.15) is 5.75 Å². The Balaban J connectivity index is 1.12. The van der Waals surface area contributed by atoms with Gasteiger partial charge in [-0.25, -0.2) is 13.8 Å². The number of aromatic nitrogens is 2. The number of hydrogen-bond acceptors (Lipinski definition) is 4. The molecule has 1 aromatic carbocycles. The Bertz CT molecular complexity index is 919. The highest BCUT2D eigenvalue weighted by Gasteiger charge is 2.69. The van der Waals surface area contributed by atoms with Gasteiger partial charge >= 0.3 is 0 Å². The smallest absolute Gasteiger partial charge is 0.258 e. The molecule has 0 atom stereocenters. The number of imidazole rings is 1. The van der Waals surface area contributed by atoms with Gasteiger partial charge in [-0.2, -0.15) is 0 Å². The van der Waals surface area contributed by atoms with Gasteiger partial charge in [-0.3, -0.25) is 4.79 Å². The zero-order chi connectivity index (χ0) is 19.5. The Morgan fingerprint density at radius 3 is 2.71 bits per heavy atom. The van der Waals surface area contributed by atoms with E-state index in [1.807, 2.05) is 6.33 Å². The molecule has 0 unspecified atom stereocenters. The first kappa shape index (κ1) is 17.6. The second kappa shape index (κ2) is 6.01. The highest BCUT2D eigenvalue weighted by Crippen LogP contribution is 2.65. The third kappa shape index (κ3) is 2.78. The lowest BCUT2D eigenvalue weighted by atomic mass is 9.44. The number of benzene rings is 1. The van der Waals surface area contributed by atoms with E-state index in [1.54, 1.807) is 0 Å². The van der Waals surface area contributed by atoms with Crippen LogP contribution in [0.1, 0.15) is 43.7 Å². The van der Waals surface area contributed by atoms with Crippen molar-refractivity contribution in [2.45, 2.75) is 55.2 Å². The summed E-state index contributed by atoms with van der Waals surface area (Å²) >= 11 is 0. The van der Waals surface area contributed by atoms with Crippen LogP contribution in [0.5, 0.6) is 5.75 Å². The average Bonchev–Trinajstić information content (AvgIpc) is 3.04. The maximum absolute atomic E-state index is 13.2. The zero-order valence-corrected chi connectivity index (χ0v) is 15.2. The Morgan fingerprint density at radius 2 is 2.04 bits per heavy atom. The van der Waals surface area contributed by atoms with Crippen LogP contribution in [0, 0.1) is 11.6 Å². The minimum atomic E-state index is -1.00. The molecule has 2 N–H and O–H groups in total. The first-order chi connectivity index (χ1) is 13.4. The summed E-state index contributed by atoms with van der Waals surface area (Å²) in [6.45, 7) is -0.237. The summed E-state index contributed by atoms with van der Waals surface area (Å²) in [5.41, 5.74) is 0.862. The average molecular weight is 389 g/mol. The van der Waals surface area contributed by atoms with Gasteiger partial charge < -0.3 is 19.7 Å². The van der Waals surface area contributed by atoms with Crippen LogP contribution in [-0.4, -0.2) is 38.8 Å². The number of amides is 1. The number of carbonyl (C=O) groups excluding carboxylic acids is 1. The van der Waals surface area contributed by atoms with Gasteiger partial charge in [0.2, 0.25) is 0 Å². The Labute approximate surface area is 160 Å². The number of carbonyl (C=O) groups is 1. The predicted molar refractivity (Wildman–Crippen MR) is 94.8 cm³/mol. The van der Waals surface area contributed by atoms with Crippen LogP contribution in [0.4, 0.5) is 8.78 Å². The summed E-state index contributed by atoms with van der Waals surface area (Å²) in [4.78, 5) is 16.7. The zero-order valence-electron chi connectivity index (χ0n) is 15.2. The number of rotatable bonds is 6. The van der Waals surface area contributed by atoms with Gasteiger partial charge in [0.15, 0.2) is 18.2 Å². The lowest BCUT2D eigenvalue weighted by Crippen LogP contribution is -2.78. The van der Waals surface area contributed by atoms with E-state index < -0.39 is 11.6 Å². The van der Waals surface area contributed by atoms with E-state index in [2.05, 4.69) is 21.1 Å². The molecule has 1 amide bonds. The second-order valence-corrected chi connectivity index (χ2v) is 8.48. The van der Waals surface area contributed by atoms with E-state index in [9.17, 15) is 18.7 Å². The number of nitrogens with one attached hydrogen (secondary N) is 1. The standard InChI is InChI=1S/C20H21F2N3O3/c21-15-2-1-14(5-16(15)22)28-7-18(27)24-19-8-20(9-19,10-19)25-6-17(23-11-25)12-3-13(26)4-12/h1-2,5-6,11-13,26H,3-4,7-10H2,(H,24,27). The fourth-order valence-corrected chi connectivity index (χ4v) is 4.83. The molecular weight excluding hydrogens is 368 g/mol. The Morgan fingerprint density at radius 1 is 1.29 bits per heavy atom. The highest BCUT2D eigenvalue weighted by atomic mass is 19.2. The molecule has 6 rings (SSSR count). The van der Waals surface area contributed by atoms with E-state index in [4.69, 9.17) is 4.74 Å². The van der Waals surface area contributed by atoms with E-state index in [-0.39, 0.29) is 35.4 Å². The number of aliphatic hydroxyl groups is 1. The van der Waals surface area contributed by atoms with E-state index >= 15 is 0 Å². The van der Waals surface area contributed by atoms with Crippen LogP contribution < -0.4 is 10.1 Å². The topological polar surface area (TPSA) is 76.4 Å². The number of aliphatic hydroxyl groups excluding tert-OH is 1. The predicted octanol–water partition coefficient (Wildman–Crippen LogP) is 2.23. The molecule has 6 nitrogen and oxygen atoms in total. The van der Waals surface area contributed by atoms with Crippen LogP contribution in [-0.2, 0) is 10.3 Å². The third-order valence-electron chi connectivity index (χ3n) is 6.35. The fraction of sp³-hybridized carbons (Fsp3) is 0.500. The summed E-state index contributed by atoms with van der Waals surface area (Å²) in [6.07, 6.45) is 7.84. The van der Waals surface area contributed by atoms with Gasteiger partial charge in [0.05, 0.1) is 23.7 Å². The van der Waals surface area contributed by atoms with Gasteiger partial charge in [0, 0.05) is 23.7 Å². The largest absolute Gasteiger partial charge is 0.484 e. The quantitative estimate of drug-likeness (QED) is 0.795. The minimum absolute atomic E-state index is 0.0296. The lowest BCUT2D eigenvalue weighted by Gasteiger charge is -2.70. The van der Waals surface area contributed by atoms with Gasteiger partial charge in [-0.1, -0.05) is 0 Å². The minimum Gasteiger partial charge on any atom is -0.484 e. The van der Waals surface area contributed by atoms with Crippen molar-refractivity contribution < 1.29 is 23.4 Å². The van der Waals surface area contributed by atoms with Crippen molar-refractivity contribution in [2.24, 2.45) is 0 Å². The molecule has 4 saturated carbocycles. The summed E-state index contributed by atoms with van der Waals surface area (Å²) < 4.78 is 33.5. The number of halogens is 2. The lowest BCUT2D eigenvalue weighted by molar-refractivity contribution is -0.156. The molecule has 0 radical (unpaired) electrons. The second-order valence-electron chi connectivity index (χ2n) is 8.48. The maximum atomic E-state index is 13.2. The number of nitrogens with zero attached hydrogens (tertiary/aromatic N) is 2. The van der Waals surface area contributed by atoms with Crippen LogP contribution in [0.25, 0.3) is 0 Å². The summed E-state index contributed by atoms with van der Waals surface area (Å²) in [6, 6.07) is 3.19. The van der Waals surface area contributed by atoms with Gasteiger partial charge in [-0.05, 0) is 44.2 Å². The third-order valence-corrected chi connectivity index (χ3v) is 6.35. The molecule has 4 aliphatic rings. The van der Waals surface area contributed by atoms with Gasteiger partial charge in [0.25, 0.3) is 5.91 Å². The highest BCUT2D eigenvalue weighted by molar-refractivity contribution is 5.79. The molecule has 2 aromatic rings. The molecule has 4 aliphatic carbocycles. The number of hydrogen-bond donors (Lipinski definition) is 2. The number of ether oxygens (including phenoxy) is 1. The Hall–Kier alpha value is -2.48. The fourth-order valence-electron chi connectivity index (χ4n) is 4.83. The molecule has 2 bridgehead atoms. The summed E-state index contributed by atoms with van der Waals surface area (Å²) in [5, 5.41) is 12.5. The van der Waals surface area contributed by atoms with Crippen molar-refractivity contribution in [2.75, 3.05) is 6.61 Å². The molecule has 1 heterocycles. The molecule has 4 fully saturated rings. The molecular formula is C20H21F2N3O3. The van der Waals surface area contributed by atoms with Gasteiger partial charge in [-0.15, -0.1) is 0 Å². The summed E-state index contributed by atoms with van der Waals surface area (Å²) in [5.74, 6) is -1.75. The Kier molecular flexibility index (Phi) is 3.78. The van der Waals surface area contributed by atoms with Crippen LogP contribution in [0.3, 0.4) is 0 Å². The first-order valence-corrected chi connectivity index (χ1v) is 9.48. The molecule has 8 heteroatoms. The van der Waals surface area contributed by atoms with E-state index in [0.717, 1.165) is 49.9 Å². The van der Waals surface area contributed by atoms with Crippen LogP contribution in [0.15, 0.2) is 30.7 Å². The SMILES string of the molecule is O=C(COc1ccc(F)c(F)c1)NC12CC(n3cnc(C4CC(O)C4)c3)(C1)C2. The molecule has 0 aliphatic heterocycles. The van der Waals surface area contributed by atoms with Crippen molar-refractivity contribution in [1.29, 1.82) is 0 Å². The van der Waals surface area contributed by atoms with Crippen molar-refractivity contribution in [3.05, 3.63) is 48.1 Å². The van der Waals surface area contributed by atoms with Crippen molar-refractivity contribution in [3.8, 4) is 5.75 Å². The maximum Gasteiger partial charge on any atom is 0.258 e. The molecule has 0 spiro atoms. The monoisotopic (exact) mass is 389 g/mol. The summed E-state index contributed by atoms with van der Waals surface area (Å²) in [7, 11) is 0. The van der Waals surface area contributed by atoms with Crippen LogP contribution in [0.2, 0.25) is 0 Å². The first-order valence-electron chi connectivity index (χ1n) is 9.48. The van der Waals surface area contributed by atoms with Crippen molar-refractivity contribution >= 4 is 5.91 Å². The normalized spacial score (nSPS) is 32.7. The van der Waals surface area contributed by atoms with E-state index in [0.29, 0.717) is 5.92 Å². The molecule has 148 valence electrons. The molecule has 0 saturated heterocycles.